The van der Waals surface area contributed by atoms with Gasteiger partial charge in [0.05, 0.1) is 0 Å². The first kappa shape index (κ1) is 13.4. The summed E-state index contributed by atoms with van der Waals surface area (Å²) in [4.78, 5) is 0. The molecule has 3 nitrogen and oxygen atoms in total. The summed E-state index contributed by atoms with van der Waals surface area (Å²) >= 11 is 5.00. The first-order valence-corrected chi connectivity index (χ1v) is 5.87. The molecule has 0 aliphatic heterocycles. The van der Waals surface area contributed by atoms with Crippen LogP contribution in [0.2, 0.25) is 0 Å². The zero-order chi connectivity index (χ0) is 12.5. The lowest BCUT2D eigenvalue weighted by Crippen LogP contribution is -2.32. The van der Waals surface area contributed by atoms with Gasteiger partial charge in [0.1, 0.15) is 0 Å². The third-order valence-electron chi connectivity index (χ3n) is 2.20. The van der Waals surface area contributed by atoms with Crippen LogP contribution in [-0.2, 0) is 0 Å². The zero-order valence-electron chi connectivity index (χ0n) is 9.89. The van der Waals surface area contributed by atoms with Gasteiger partial charge in [0, 0.05) is 18.7 Å². The molecule has 0 saturated carbocycles. The molecule has 1 aromatic carbocycles. The number of benzene rings is 1. The summed E-state index contributed by atoms with van der Waals surface area (Å²) in [5, 5.41) is 7.52. The molecule has 1 rings (SSSR count). The van der Waals surface area contributed by atoms with E-state index >= 15 is 0 Å². The topological polar surface area (TPSA) is 36.4 Å². The number of rotatable bonds is 5. The van der Waals surface area contributed by atoms with E-state index in [1.54, 1.807) is 6.08 Å². The molecule has 0 saturated heterocycles. The molecule has 0 aliphatic rings. The van der Waals surface area contributed by atoms with Crippen LogP contribution < -0.4 is 10.7 Å². The fourth-order valence-corrected chi connectivity index (χ4v) is 1.39. The molecule has 0 aromatic heterocycles. The monoisotopic (exact) mass is 247 g/mol. The van der Waals surface area contributed by atoms with E-state index in [-0.39, 0.29) is 5.92 Å². The van der Waals surface area contributed by atoms with Crippen molar-refractivity contribution in [2.45, 2.75) is 12.8 Å². The molecule has 0 unspecified atom stereocenters. The van der Waals surface area contributed by atoms with E-state index in [4.69, 9.17) is 12.2 Å². The lowest BCUT2D eigenvalue weighted by molar-refractivity contribution is 0.924. The largest absolute Gasteiger partial charge is 0.358 e. The van der Waals surface area contributed by atoms with Gasteiger partial charge in [-0.2, -0.15) is 5.10 Å². The number of thiocarbonyl (C=S) groups is 1. The van der Waals surface area contributed by atoms with Gasteiger partial charge in [-0.15, -0.1) is 6.58 Å². The maximum atomic E-state index is 5.00. The van der Waals surface area contributed by atoms with Gasteiger partial charge in [0.2, 0.25) is 0 Å². The molecule has 17 heavy (non-hydrogen) atoms. The van der Waals surface area contributed by atoms with Crippen LogP contribution in [0.5, 0.6) is 0 Å². The first-order valence-electron chi connectivity index (χ1n) is 5.47. The number of nitrogens with zero attached hydrogens (tertiary/aromatic N) is 1. The van der Waals surface area contributed by atoms with Crippen LogP contribution in [0.3, 0.4) is 0 Å². The highest BCUT2D eigenvalue weighted by Crippen LogP contribution is 2.11. The second kappa shape index (κ2) is 7.57. The van der Waals surface area contributed by atoms with Crippen molar-refractivity contribution in [3.8, 4) is 0 Å². The molecule has 1 atom stereocenters. The lowest BCUT2D eigenvalue weighted by atomic mass is 10.0. The summed E-state index contributed by atoms with van der Waals surface area (Å²) < 4.78 is 0. The predicted octanol–water partition coefficient (Wildman–Crippen LogP) is 2.43. The fraction of sp³-hybridized carbons (Fsp3) is 0.231. The van der Waals surface area contributed by atoms with E-state index in [1.807, 2.05) is 24.4 Å². The quantitative estimate of drug-likeness (QED) is 0.363. The molecule has 0 bridgehead atoms. The maximum absolute atomic E-state index is 5.00. The Kier molecular flexibility index (Phi) is 5.96. The maximum Gasteiger partial charge on any atom is 0.187 e. The third-order valence-corrected chi connectivity index (χ3v) is 2.43. The molecule has 0 fully saturated rings. The van der Waals surface area contributed by atoms with E-state index in [2.05, 4.69) is 41.5 Å². The van der Waals surface area contributed by atoms with Gasteiger partial charge in [-0.05, 0) is 17.8 Å². The van der Waals surface area contributed by atoms with E-state index < -0.39 is 0 Å². The molecular weight excluding hydrogens is 230 g/mol. The van der Waals surface area contributed by atoms with Crippen LogP contribution in [0.25, 0.3) is 0 Å². The second-order valence-corrected chi connectivity index (χ2v) is 4.00. The van der Waals surface area contributed by atoms with Crippen molar-refractivity contribution in [2.75, 3.05) is 6.54 Å². The van der Waals surface area contributed by atoms with E-state index in [1.165, 1.54) is 5.56 Å². The average molecular weight is 247 g/mol. The molecule has 4 heteroatoms. The van der Waals surface area contributed by atoms with Crippen LogP contribution in [0.4, 0.5) is 0 Å². The summed E-state index contributed by atoms with van der Waals surface area (Å²) in [6, 6.07) is 10.2. The van der Waals surface area contributed by atoms with Crippen molar-refractivity contribution in [1.82, 2.24) is 10.7 Å². The van der Waals surface area contributed by atoms with Crippen LogP contribution in [0, 0.1) is 0 Å². The number of hydrazone groups is 1. The Morgan fingerprint density at radius 3 is 2.82 bits per heavy atom. The summed E-state index contributed by atoms with van der Waals surface area (Å²) in [6.07, 6.45) is 3.57. The van der Waals surface area contributed by atoms with Crippen LogP contribution >= 0.6 is 12.2 Å². The van der Waals surface area contributed by atoms with Crippen molar-refractivity contribution < 1.29 is 0 Å². The van der Waals surface area contributed by atoms with Crippen molar-refractivity contribution in [1.29, 1.82) is 0 Å². The van der Waals surface area contributed by atoms with Crippen molar-refractivity contribution in [2.24, 2.45) is 5.10 Å². The highest BCUT2D eigenvalue weighted by molar-refractivity contribution is 7.80. The zero-order valence-corrected chi connectivity index (χ0v) is 10.7. The Hall–Kier alpha value is -1.68. The summed E-state index contributed by atoms with van der Waals surface area (Å²) in [5.74, 6) is 0.255. The standard InChI is InChI=1S/C13H17N3S/c1-3-9-14-13(17)16-15-10-11(2)12-7-5-4-6-8-12/h3-8,10-11H,1,9H2,2H3,(H2,14,16,17)/b15-10-/t11-/m0/s1. The number of hydrogen-bond acceptors (Lipinski definition) is 2. The Morgan fingerprint density at radius 2 is 2.18 bits per heavy atom. The van der Waals surface area contributed by atoms with Gasteiger partial charge in [0.15, 0.2) is 5.11 Å². The van der Waals surface area contributed by atoms with E-state index in [9.17, 15) is 0 Å². The van der Waals surface area contributed by atoms with Crippen LogP contribution in [0.15, 0.2) is 48.1 Å². The third kappa shape index (κ3) is 5.26. The number of nitrogens with one attached hydrogen (secondary N) is 2. The Balaban J connectivity index is 2.38. The highest BCUT2D eigenvalue weighted by atomic mass is 32.1. The highest BCUT2D eigenvalue weighted by Gasteiger charge is 2.00. The first-order chi connectivity index (χ1) is 8.24. The van der Waals surface area contributed by atoms with Gasteiger partial charge >= 0.3 is 0 Å². The van der Waals surface area contributed by atoms with Crippen LogP contribution in [-0.4, -0.2) is 17.9 Å². The molecule has 2 N–H and O–H groups in total. The number of hydrogen-bond donors (Lipinski definition) is 2. The average Bonchev–Trinajstić information content (AvgIpc) is 2.37. The van der Waals surface area contributed by atoms with Gasteiger partial charge in [-0.25, -0.2) is 0 Å². The predicted molar refractivity (Wildman–Crippen MR) is 77.3 cm³/mol. The fourth-order valence-electron chi connectivity index (χ4n) is 1.25. The SMILES string of the molecule is C=CCNC(=S)N/N=C\[C@H](C)c1ccccc1. The molecule has 0 heterocycles. The van der Waals surface area contributed by atoms with Gasteiger partial charge in [-0.3, -0.25) is 5.43 Å². The van der Waals surface area contributed by atoms with Gasteiger partial charge in [0.25, 0.3) is 0 Å². The summed E-state index contributed by atoms with van der Waals surface area (Å²) in [7, 11) is 0. The van der Waals surface area contributed by atoms with Gasteiger partial charge < -0.3 is 5.32 Å². The van der Waals surface area contributed by atoms with Crippen molar-refractivity contribution in [3.05, 3.63) is 48.6 Å². The molecule has 0 spiro atoms. The minimum absolute atomic E-state index is 0.255. The minimum Gasteiger partial charge on any atom is -0.358 e. The summed E-state index contributed by atoms with van der Waals surface area (Å²) in [5.41, 5.74) is 3.99. The molecule has 0 radical (unpaired) electrons. The lowest BCUT2D eigenvalue weighted by Gasteiger charge is -2.06. The van der Waals surface area contributed by atoms with Crippen molar-refractivity contribution in [3.63, 3.8) is 0 Å². The summed E-state index contributed by atoms with van der Waals surface area (Å²) in [6.45, 7) is 6.31. The molecule has 0 aliphatic carbocycles. The van der Waals surface area contributed by atoms with Gasteiger partial charge in [-0.1, -0.05) is 43.3 Å². The molecular formula is C13H17N3S. The molecule has 1 aromatic rings. The van der Waals surface area contributed by atoms with Crippen LogP contribution in [0.1, 0.15) is 18.4 Å². The Labute approximate surface area is 108 Å². The Bertz CT molecular complexity index is 387. The smallest absolute Gasteiger partial charge is 0.187 e. The molecule has 0 amide bonds. The minimum atomic E-state index is 0.255. The normalized spacial score (nSPS) is 12.1. The Morgan fingerprint density at radius 1 is 1.47 bits per heavy atom. The van der Waals surface area contributed by atoms with Crippen molar-refractivity contribution >= 4 is 23.5 Å². The second-order valence-electron chi connectivity index (χ2n) is 3.59. The van der Waals surface area contributed by atoms with E-state index in [0.29, 0.717) is 11.7 Å². The van der Waals surface area contributed by atoms with E-state index in [0.717, 1.165) is 0 Å². The molecule has 90 valence electrons.